The number of nitrogens with one attached hydrogen (secondary N) is 1. The molecule has 15 heavy (non-hydrogen) atoms. The van der Waals surface area contributed by atoms with Gasteiger partial charge in [0.15, 0.2) is 0 Å². The summed E-state index contributed by atoms with van der Waals surface area (Å²) in [5, 5.41) is 3.44. The maximum absolute atomic E-state index is 3.50. The van der Waals surface area contributed by atoms with Gasteiger partial charge >= 0.3 is 0 Å². The minimum atomic E-state index is 1.06. The van der Waals surface area contributed by atoms with E-state index in [9.17, 15) is 0 Å². The molecular weight excluding hydrogens is 270 g/mol. The maximum Gasteiger partial charge on any atom is 0.0354 e. The lowest BCUT2D eigenvalue weighted by Crippen LogP contribution is -2.02. The highest BCUT2D eigenvalue weighted by atomic mass is 79.9. The summed E-state index contributed by atoms with van der Waals surface area (Å²) in [7, 11) is 0. The largest absolute Gasteiger partial charge is 0.385 e. The standard InChI is InChI=1S/C12H18BrNS/c1-3-15-6-4-5-14-12-8-10(2)7-11(13)9-12/h7-9,14H,3-6H2,1-2H3. The maximum atomic E-state index is 3.50. The fraction of sp³-hybridized carbons (Fsp3) is 0.500. The first kappa shape index (κ1) is 12.9. The highest BCUT2D eigenvalue weighted by molar-refractivity contribution is 9.10. The lowest BCUT2D eigenvalue weighted by atomic mass is 10.2. The van der Waals surface area contributed by atoms with E-state index in [-0.39, 0.29) is 0 Å². The number of halogens is 1. The minimum Gasteiger partial charge on any atom is -0.385 e. The first-order chi connectivity index (χ1) is 7.22. The average molecular weight is 288 g/mol. The molecule has 0 saturated heterocycles. The Labute approximate surface area is 105 Å². The molecule has 1 aromatic rings. The zero-order valence-corrected chi connectivity index (χ0v) is 11.7. The molecule has 0 bridgehead atoms. The normalized spacial score (nSPS) is 10.3. The van der Waals surface area contributed by atoms with Gasteiger partial charge in [-0.1, -0.05) is 22.9 Å². The lowest BCUT2D eigenvalue weighted by Gasteiger charge is -2.07. The average Bonchev–Trinajstić information content (AvgIpc) is 2.16. The quantitative estimate of drug-likeness (QED) is 0.783. The predicted octanol–water partition coefficient (Wildman–Crippen LogP) is 4.31. The second kappa shape index (κ2) is 7.18. The first-order valence-corrected chi connectivity index (χ1v) is 7.26. The van der Waals surface area contributed by atoms with Crippen molar-refractivity contribution >= 4 is 33.4 Å². The Hall–Kier alpha value is -0.150. The van der Waals surface area contributed by atoms with Crippen molar-refractivity contribution < 1.29 is 0 Å². The third-order valence-electron chi connectivity index (χ3n) is 2.04. The Balaban J connectivity index is 2.31. The molecule has 0 saturated carbocycles. The SMILES string of the molecule is CCSCCCNc1cc(C)cc(Br)c1. The number of benzene rings is 1. The second-order valence-electron chi connectivity index (χ2n) is 3.49. The van der Waals surface area contributed by atoms with Crippen molar-refractivity contribution in [2.24, 2.45) is 0 Å². The van der Waals surface area contributed by atoms with Crippen molar-refractivity contribution in [3.63, 3.8) is 0 Å². The van der Waals surface area contributed by atoms with Crippen molar-refractivity contribution in [3.8, 4) is 0 Å². The van der Waals surface area contributed by atoms with Crippen LogP contribution in [0, 0.1) is 6.92 Å². The van der Waals surface area contributed by atoms with Crippen LogP contribution >= 0.6 is 27.7 Å². The van der Waals surface area contributed by atoms with Gasteiger partial charge in [0.05, 0.1) is 0 Å². The van der Waals surface area contributed by atoms with E-state index in [2.05, 4.69) is 53.3 Å². The molecule has 3 heteroatoms. The van der Waals surface area contributed by atoms with Crippen LogP contribution in [0.5, 0.6) is 0 Å². The van der Waals surface area contributed by atoms with Crippen LogP contribution in [0.1, 0.15) is 18.9 Å². The fourth-order valence-electron chi connectivity index (χ4n) is 1.39. The van der Waals surface area contributed by atoms with Gasteiger partial charge in [-0.2, -0.15) is 11.8 Å². The Morgan fingerprint density at radius 1 is 1.33 bits per heavy atom. The molecule has 0 aliphatic heterocycles. The van der Waals surface area contributed by atoms with Gasteiger partial charge in [-0.3, -0.25) is 0 Å². The van der Waals surface area contributed by atoms with Gasteiger partial charge in [-0.25, -0.2) is 0 Å². The Morgan fingerprint density at radius 2 is 2.13 bits per heavy atom. The van der Waals surface area contributed by atoms with Gasteiger partial charge in [0, 0.05) is 16.7 Å². The summed E-state index contributed by atoms with van der Waals surface area (Å²) in [5.41, 5.74) is 2.50. The first-order valence-electron chi connectivity index (χ1n) is 5.31. The zero-order valence-electron chi connectivity index (χ0n) is 9.35. The molecule has 1 N–H and O–H groups in total. The number of thioether (sulfide) groups is 1. The van der Waals surface area contributed by atoms with E-state index in [1.165, 1.54) is 29.2 Å². The highest BCUT2D eigenvalue weighted by Gasteiger charge is 1.95. The molecule has 0 aliphatic rings. The van der Waals surface area contributed by atoms with E-state index in [1.807, 2.05) is 11.8 Å². The zero-order chi connectivity index (χ0) is 11.1. The van der Waals surface area contributed by atoms with Crippen molar-refractivity contribution in [1.82, 2.24) is 0 Å². The summed E-state index contributed by atoms with van der Waals surface area (Å²) < 4.78 is 1.15. The van der Waals surface area contributed by atoms with Crippen molar-refractivity contribution in [2.45, 2.75) is 20.3 Å². The van der Waals surface area contributed by atoms with Crippen LogP contribution in [0.4, 0.5) is 5.69 Å². The Morgan fingerprint density at radius 3 is 2.80 bits per heavy atom. The molecule has 1 rings (SSSR count). The molecule has 1 aromatic carbocycles. The molecule has 1 nitrogen and oxygen atoms in total. The van der Waals surface area contributed by atoms with Crippen molar-refractivity contribution in [1.29, 1.82) is 0 Å². The Bertz CT molecular complexity index is 281. The number of aryl methyl sites for hydroxylation is 1. The predicted molar refractivity (Wildman–Crippen MR) is 75.0 cm³/mol. The molecule has 0 amide bonds. The van der Waals surface area contributed by atoms with Gasteiger partial charge in [0.2, 0.25) is 0 Å². The minimum absolute atomic E-state index is 1.06. The molecule has 0 atom stereocenters. The van der Waals surface area contributed by atoms with Gasteiger partial charge < -0.3 is 5.32 Å². The van der Waals surface area contributed by atoms with E-state index in [4.69, 9.17) is 0 Å². The number of hydrogen-bond acceptors (Lipinski definition) is 2. The van der Waals surface area contributed by atoms with Crippen LogP contribution in [0.2, 0.25) is 0 Å². The van der Waals surface area contributed by atoms with Crippen LogP contribution in [0.3, 0.4) is 0 Å². The monoisotopic (exact) mass is 287 g/mol. The molecule has 0 radical (unpaired) electrons. The molecule has 0 fully saturated rings. The molecule has 0 unspecified atom stereocenters. The smallest absolute Gasteiger partial charge is 0.0354 e. The summed E-state index contributed by atoms with van der Waals surface area (Å²) >= 11 is 5.50. The van der Waals surface area contributed by atoms with Crippen molar-refractivity contribution in [3.05, 3.63) is 28.2 Å². The number of anilines is 1. The van der Waals surface area contributed by atoms with Crippen LogP contribution in [0.15, 0.2) is 22.7 Å². The van der Waals surface area contributed by atoms with Crippen LogP contribution in [-0.2, 0) is 0 Å². The third-order valence-corrected chi connectivity index (χ3v) is 3.48. The van der Waals surface area contributed by atoms with Gasteiger partial charge in [0.1, 0.15) is 0 Å². The summed E-state index contributed by atoms with van der Waals surface area (Å²) in [6, 6.07) is 6.43. The number of hydrogen-bond donors (Lipinski definition) is 1. The molecule has 0 aromatic heterocycles. The molecule has 0 spiro atoms. The molecule has 0 heterocycles. The van der Waals surface area contributed by atoms with Crippen molar-refractivity contribution in [2.75, 3.05) is 23.4 Å². The van der Waals surface area contributed by atoms with Crippen LogP contribution in [-0.4, -0.2) is 18.1 Å². The summed E-state index contributed by atoms with van der Waals surface area (Å²) in [5.74, 6) is 2.46. The number of rotatable bonds is 6. The second-order valence-corrected chi connectivity index (χ2v) is 5.80. The third kappa shape index (κ3) is 5.47. The Kier molecular flexibility index (Phi) is 6.18. The van der Waals surface area contributed by atoms with E-state index in [0.29, 0.717) is 0 Å². The highest BCUT2D eigenvalue weighted by Crippen LogP contribution is 2.19. The van der Waals surface area contributed by atoms with Gasteiger partial charge in [-0.15, -0.1) is 0 Å². The lowest BCUT2D eigenvalue weighted by molar-refractivity contribution is 0.991. The van der Waals surface area contributed by atoms with Crippen LogP contribution < -0.4 is 5.32 Å². The topological polar surface area (TPSA) is 12.0 Å². The molecular formula is C12H18BrNS. The molecule has 0 aliphatic carbocycles. The van der Waals surface area contributed by atoms with Gasteiger partial charge in [-0.05, 0) is 48.6 Å². The van der Waals surface area contributed by atoms with Gasteiger partial charge in [0.25, 0.3) is 0 Å². The van der Waals surface area contributed by atoms with E-state index >= 15 is 0 Å². The molecule has 84 valence electrons. The summed E-state index contributed by atoms with van der Waals surface area (Å²) in [4.78, 5) is 0. The van der Waals surface area contributed by atoms with E-state index < -0.39 is 0 Å². The fourth-order valence-corrected chi connectivity index (χ4v) is 2.63. The summed E-state index contributed by atoms with van der Waals surface area (Å²) in [6.45, 7) is 5.38. The van der Waals surface area contributed by atoms with E-state index in [1.54, 1.807) is 0 Å². The summed E-state index contributed by atoms with van der Waals surface area (Å²) in [6.07, 6.45) is 1.23. The van der Waals surface area contributed by atoms with E-state index in [0.717, 1.165) is 11.0 Å². The van der Waals surface area contributed by atoms with Crippen LogP contribution in [0.25, 0.3) is 0 Å².